The second-order valence-corrected chi connectivity index (χ2v) is 5.22. The summed E-state index contributed by atoms with van der Waals surface area (Å²) in [6, 6.07) is -0.0360. The van der Waals surface area contributed by atoms with Gasteiger partial charge in [0.1, 0.15) is 0 Å². The van der Waals surface area contributed by atoms with Crippen molar-refractivity contribution in [2.75, 3.05) is 51.3 Å². The number of carbonyl (C=O) groups excluding carboxylic acids is 1. The lowest BCUT2D eigenvalue weighted by molar-refractivity contribution is -0.138. The fraction of sp³-hybridized carbons (Fsp3) is 0.818. The summed E-state index contributed by atoms with van der Waals surface area (Å²) >= 11 is 1.77. The smallest absolute Gasteiger partial charge is 0.317 e. The molecule has 104 valence electrons. The summed E-state index contributed by atoms with van der Waals surface area (Å²) in [6.45, 7) is 3.22. The number of carbonyl (C=O) groups is 2. The van der Waals surface area contributed by atoms with Crippen molar-refractivity contribution in [3.63, 3.8) is 0 Å². The van der Waals surface area contributed by atoms with Crippen LogP contribution in [0.3, 0.4) is 0 Å². The molecule has 0 saturated carbocycles. The maximum absolute atomic E-state index is 11.8. The lowest BCUT2D eigenvalue weighted by Crippen LogP contribution is -2.52. The molecule has 0 spiro atoms. The van der Waals surface area contributed by atoms with Gasteiger partial charge in [0.25, 0.3) is 0 Å². The number of carboxylic acid groups (broad SMARTS) is 1. The van der Waals surface area contributed by atoms with Gasteiger partial charge in [-0.05, 0) is 18.4 Å². The number of nitrogens with one attached hydrogen (secondary N) is 1. The lowest BCUT2D eigenvalue weighted by atomic mass is 10.3. The van der Waals surface area contributed by atoms with E-state index in [9.17, 15) is 9.59 Å². The third-order valence-corrected chi connectivity index (χ3v) is 3.52. The van der Waals surface area contributed by atoms with Crippen molar-refractivity contribution in [3.8, 4) is 0 Å². The van der Waals surface area contributed by atoms with Crippen LogP contribution in [0.2, 0.25) is 0 Å². The van der Waals surface area contributed by atoms with Crippen LogP contribution < -0.4 is 5.32 Å². The number of nitrogens with zero attached hydrogens (tertiary/aromatic N) is 2. The molecule has 0 unspecified atom stereocenters. The molecule has 1 rings (SSSR count). The van der Waals surface area contributed by atoms with Gasteiger partial charge in [-0.15, -0.1) is 0 Å². The topological polar surface area (TPSA) is 72.9 Å². The Morgan fingerprint density at radius 1 is 1.28 bits per heavy atom. The summed E-state index contributed by atoms with van der Waals surface area (Å²) in [5.41, 5.74) is 0. The van der Waals surface area contributed by atoms with E-state index in [4.69, 9.17) is 5.11 Å². The average molecular weight is 275 g/mol. The average Bonchev–Trinajstić information content (AvgIpc) is 2.34. The van der Waals surface area contributed by atoms with Crippen molar-refractivity contribution < 1.29 is 14.7 Å². The van der Waals surface area contributed by atoms with Crippen LogP contribution in [-0.2, 0) is 4.79 Å². The van der Waals surface area contributed by atoms with E-state index in [1.807, 2.05) is 11.2 Å². The predicted molar refractivity (Wildman–Crippen MR) is 72.0 cm³/mol. The third-order valence-electron chi connectivity index (χ3n) is 2.82. The predicted octanol–water partition coefficient (Wildman–Crippen LogP) is 0.151. The van der Waals surface area contributed by atoms with Crippen molar-refractivity contribution in [2.45, 2.75) is 6.42 Å². The number of aliphatic carboxylic acids is 1. The molecule has 1 saturated heterocycles. The van der Waals surface area contributed by atoms with Gasteiger partial charge in [-0.1, -0.05) is 0 Å². The number of rotatable bonds is 6. The van der Waals surface area contributed by atoms with Crippen LogP contribution in [-0.4, -0.2) is 78.2 Å². The zero-order valence-corrected chi connectivity index (χ0v) is 11.5. The van der Waals surface area contributed by atoms with Gasteiger partial charge >= 0.3 is 12.0 Å². The lowest BCUT2D eigenvalue weighted by Gasteiger charge is -2.33. The minimum Gasteiger partial charge on any atom is -0.480 e. The fourth-order valence-corrected chi connectivity index (χ4v) is 2.26. The molecule has 6 nitrogen and oxygen atoms in total. The number of urea groups is 1. The molecule has 0 aromatic carbocycles. The molecule has 2 N–H and O–H groups in total. The minimum atomic E-state index is -0.815. The van der Waals surface area contributed by atoms with Crippen molar-refractivity contribution in [2.24, 2.45) is 0 Å². The Balaban J connectivity index is 2.17. The van der Waals surface area contributed by atoms with Crippen LogP contribution in [0, 0.1) is 0 Å². The van der Waals surface area contributed by atoms with Gasteiger partial charge in [0, 0.05) is 32.7 Å². The van der Waals surface area contributed by atoms with Crippen LogP contribution >= 0.6 is 11.8 Å². The molecule has 1 aliphatic rings. The van der Waals surface area contributed by atoms with Gasteiger partial charge in [-0.2, -0.15) is 11.8 Å². The highest BCUT2D eigenvalue weighted by Gasteiger charge is 2.21. The summed E-state index contributed by atoms with van der Waals surface area (Å²) in [5, 5.41) is 11.6. The Bertz CT molecular complexity index is 281. The zero-order valence-electron chi connectivity index (χ0n) is 10.7. The first-order chi connectivity index (χ1) is 8.63. The number of hydrogen-bond acceptors (Lipinski definition) is 4. The first-order valence-electron chi connectivity index (χ1n) is 6.09. The van der Waals surface area contributed by atoms with Crippen LogP contribution in [0.4, 0.5) is 4.79 Å². The third kappa shape index (κ3) is 5.59. The SMILES string of the molecule is CSCCCNC(=O)N1CCN(CC(=O)O)CC1. The molecule has 7 heteroatoms. The van der Waals surface area contributed by atoms with E-state index in [1.165, 1.54) is 0 Å². The summed E-state index contributed by atoms with van der Waals surface area (Å²) in [6.07, 6.45) is 3.02. The first kappa shape index (κ1) is 15.1. The van der Waals surface area contributed by atoms with E-state index in [0.717, 1.165) is 12.2 Å². The standard InChI is InChI=1S/C11H21N3O3S/c1-18-8-2-3-12-11(17)14-6-4-13(5-7-14)9-10(15)16/h2-9H2,1H3,(H,12,17)(H,15,16). The molecule has 2 amide bonds. The van der Waals surface area contributed by atoms with Crippen LogP contribution in [0.15, 0.2) is 0 Å². The van der Waals surface area contributed by atoms with Gasteiger partial charge in [0.15, 0.2) is 0 Å². The molecule has 0 aliphatic carbocycles. The van der Waals surface area contributed by atoms with Crippen molar-refractivity contribution in [1.82, 2.24) is 15.1 Å². The summed E-state index contributed by atoms with van der Waals surface area (Å²) in [7, 11) is 0. The van der Waals surface area contributed by atoms with Crippen LogP contribution in [0.5, 0.6) is 0 Å². The first-order valence-corrected chi connectivity index (χ1v) is 7.48. The Morgan fingerprint density at radius 3 is 2.50 bits per heavy atom. The quantitative estimate of drug-likeness (QED) is 0.675. The monoisotopic (exact) mass is 275 g/mol. The minimum absolute atomic E-state index is 0.0360. The van der Waals surface area contributed by atoms with E-state index in [0.29, 0.717) is 32.7 Å². The Hall–Kier alpha value is -0.950. The molecule has 18 heavy (non-hydrogen) atoms. The second-order valence-electron chi connectivity index (χ2n) is 4.24. The number of thioether (sulfide) groups is 1. The molecular weight excluding hydrogens is 254 g/mol. The van der Waals surface area contributed by atoms with Gasteiger partial charge in [-0.25, -0.2) is 4.79 Å². The maximum Gasteiger partial charge on any atom is 0.317 e. The molecule has 0 aromatic heterocycles. The molecule has 0 bridgehead atoms. The largest absolute Gasteiger partial charge is 0.480 e. The van der Waals surface area contributed by atoms with Crippen molar-refractivity contribution in [3.05, 3.63) is 0 Å². The van der Waals surface area contributed by atoms with Gasteiger partial charge in [0.2, 0.25) is 0 Å². The Kier molecular flexibility index (Phi) is 6.89. The van der Waals surface area contributed by atoms with Gasteiger partial charge in [0.05, 0.1) is 6.54 Å². The highest BCUT2D eigenvalue weighted by Crippen LogP contribution is 2.02. The normalized spacial score (nSPS) is 16.6. The number of amides is 2. The van der Waals surface area contributed by atoms with Crippen molar-refractivity contribution in [1.29, 1.82) is 0 Å². The summed E-state index contributed by atoms with van der Waals surface area (Å²) < 4.78 is 0. The summed E-state index contributed by atoms with van der Waals surface area (Å²) in [5.74, 6) is 0.233. The Morgan fingerprint density at radius 2 is 1.94 bits per heavy atom. The molecule has 0 aromatic rings. The molecule has 1 aliphatic heterocycles. The summed E-state index contributed by atoms with van der Waals surface area (Å²) in [4.78, 5) is 25.9. The molecule has 1 heterocycles. The van der Waals surface area contributed by atoms with Crippen LogP contribution in [0.25, 0.3) is 0 Å². The van der Waals surface area contributed by atoms with E-state index in [1.54, 1.807) is 16.7 Å². The molecule has 1 fully saturated rings. The second kappa shape index (κ2) is 8.20. The van der Waals surface area contributed by atoms with Gasteiger partial charge < -0.3 is 15.3 Å². The number of piperazine rings is 1. The number of hydrogen-bond donors (Lipinski definition) is 2. The van der Waals surface area contributed by atoms with E-state index >= 15 is 0 Å². The zero-order chi connectivity index (χ0) is 13.4. The molecular formula is C11H21N3O3S. The maximum atomic E-state index is 11.8. The van der Waals surface area contributed by atoms with Gasteiger partial charge in [-0.3, -0.25) is 9.69 Å². The Labute approximate surface area is 112 Å². The highest BCUT2D eigenvalue weighted by atomic mass is 32.2. The fourth-order valence-electron chi connectivity index (χ4n) is 1.82. The van der Waals surface area contributed by atoms with Crippen molar-refractivity contribution >= 4 is 23.8 Å². The molecule has 0 atom stereocenters. The van der Waals surface area contributed by atoms with E-state index in [2.05, 4.69) is 5.32 Å². The van der Waals surface area contributed by atoms with Crippen LogP contribution in [0.1, 0.15) is 6.42 Å². The number of carboxylic acids is 1. The highest BCUT2D eigenvalue weighted by molar-refractivity contribution is 7.98. The van der Waals surface area contributed by atoms with E-state index in [-0.39, 0.29) is 12.6 Å². The van der Waals surface area contributed by atoms with E-state index < -0.39 is 5.97 Å². The molecule has 0 radical (unpaired) electrons.